The third-order valence-corrected chi connectivity index (χ3v) is 3.45. The quantitative estimate of drug-likeness (QED) is 0.423. The van der Waals surface area contributed by atoms with Crippen molar-refractivity contribution in [3.8, 4) is 0 Å². The summed E-state index contributed by atoms with van der Waals surface area (Å²) in [6, 6.07) is 10.3. The van der Waals surface area contributed by atoms with Gasteiger partial charge in [-0.2, -0.15) is 0 Å². The molecule has 104 valence electrons. The summed E-state index contributed by atoms with van der Waals surface area (Å²) in [5.74, 6) is 0. The van der Waals surface area contributed by atoms with Crippen molar-refractivity contribution in [2.45, 2.75) is 6.92 Å². The van der Waals surface area contributed by atoms with Gasteiger partial charge in [0.05, 0.1) is 13.2 Å². The van der Waals surface area contributed by atoms with Crippen LogP contribution in [0.25, 0.3) is 0 Å². The molecule has 0 heterocycles. The van der Waals surface area contributed by atoms with E-state index in [0.717, 1.165) is 0 Å². The first kappa shape index (κ1) is 21.9. The zero-order chi connectivity index (χ0) is 13.5. The van der Waals surface area contributed by atoms with Crippen LogP contribution in [0.4, 0.5) is 0 Å². The van der Waals surface area contributed by atoms with Gasteiger partial charge in [0.2, 0.25) is 0 Å². The molecule has 0 aliphatic carbocycles. The van der Waals surface area contributed by atoms with Crippen LogP contribution in [0, 0.1) is 6.92 Å². The van der Waals surface area contributed by atoms with Gasteiger partial charge in [-0.1, -0.05) is 35.9 Å². The zero-order valence-electron chi connectivity index (χ0n) is 12.8. The van der Waals surface area contributed by atoms with Gasteiger partial charge in [0.15, 0.2) is 0 Å². The van der Waals surface area contributed by atoms with Crippen LogP contribution in [-0.2, 0) is 17.1 Å². The Morgan fingerprint density at radius 2 is 1.32 bits per heavy atom. The van der Waals surface area contributed by atoms with Crippen molar-refractivity contribution >= 4 is 15.9 Å². The third-order valence-electron chi connectivity index (χ3n) is 2.16. The first-order chi connectivity index (χ1) is 8.81. The fraction of sp³-hybridized carbons (Fsp3) is 0.538. The number of ether oxygens (including phenoxy) is 2. The number of hydrogen-bond acceptors (Lipinski definition) is 4. The van der Waals surface area contributed by atoms with E-state index in [-0.39, 0.29) is 29.6 Å². The largest absolute Gasteiger partial charge is 1.00 e. The van der Waals surface area contributed by atoms with E-state index in [4.69, 9.17) is 17.1 Å². The summed E-state index contributed by atoms with van der Waals surface area (Å²) in [7, 11) is 3.31. The van der Waals surface area contributed by atoms with Crippen molar-refractivity contribution in [3.63, 3.8) is 0 Å². The Morgan fingerprint density at radius 3 is 1.63 bits per heavy atom. The van der Waals surface area contributed by atoms with Crippen molar-refractivity contribution < 1.29 is 46.6 Å². The molecule has 0 amide bonds. The fourth-order valence-electron chi connectivity index (χ4n) is 1.12. The van der Waals surface area contributed by atoms with E-state index < -0.39 is 15.9 Å². The van der Waals surface area contributed by atoms with E-state index in [9.17, 15) is 0 Å². The van der Waals surface area contributed by atoms with Crippen molar-refractivity contribution in [2.24, 2.45) is 0 Å². The van der Waals surface area contributed by atoms with Crippen molar-refractivity contribution in [1.82, 2.24) is 0 Å². The molecule has 0 aliphatic heterocycles. The number of rotatable bonds is 8. The number of aryl methyl sites for hydroxylation is 1. The van der Waals surface area contributed by atoms with E-state index >= 15 is 0 Å². The predicted molar refractivity (Wildman–Crippen MR) is 75.4 cm³/mol. The normalized spacial score (nSPS) is 9.21. The Bertz CT molecular complexity index is 254. The molecule has 0 spiro atoms. The molecular weight excluding hydrogens is 270 g/mol. The van der Waals surface area contributed by atoms with Crippen molar-refractivity contribution in [3.05, 3.63) is 35.9 Å². The van der Waals surface area contributed by atoms with Crippen LogP contribution in [0.2, 0.25) is 0 Å². The molecule has 19 heavy (non-hydrogen) atoms. The molecule has 0 saturated carbocycles. The van der Waals surface area contributed by atoms with E-state index in [1.54, 1.807) is 14.2 Å². The monoisotopic (exact) mass is 294 g/mol. The van der Waals surface area contributed by atoms with Gasteiger partial charge < -0.3 is 17.1 Å². The van der Waals surface area contributed by atoms with E-state index in [1.807, 2.05) is 18.2 Å². The molecule has 1 aromatic carbocycles. The zero-order valence-corrected chi connectivity index (χ0v) is 16.8. The second-order valence-electron chi connectivity index (χ2n) is 3.79. The molecule has 0 radical (unpaired) electrons. The van der Waals surface area contributed by atoms with Gasteiger partial charge >= 0.3 is 45.4 Å². The molecule has 0 unspecified atom stereocenters. The molecule has 4 nitrogen and oxygen atoms in total. The number of methoxy groups -OCH3 is 2. The van der Waals surface area contributed by atoms with Crippen LogP contribution in [0.5, 0.6) is 0 Å². The second-order valence-corrected chi connectivity index (χ2v) is 5.28. The third kappa shape index (κ3) is 18.6. The molecule has 6 heteroatoms. The van der Waals surface area contributed by atoms with Crippen LogP contribution < -0.4 is 29.6 Å². The van der Waals surface area contributed by atoms with E-state index in [0.29, 0.717) is 26.4 Å². The van der Waals surface area contributed by atoms with Crippen LogP contribution in [-0.4, -0.2) is 56.5 Å². The van der Waals surface area contributed by atoms with Gasteiger partial charge in [-0.3, -0.25) is 0 Å². The van der Waals surface area contributed by atoms with Crippen molar-refractivity contribution in [2.75, 3.05) is 40.6 Å². The first-order valence-electron chi connectivity index (χ1n) is 6.20. The minimum Gasteiger partial charge on any atom is -0.640 e. The Hall–Kier alpha value is 0.592. The van der Waals surface area contributed by atoms with Gasteiger partial charge in [-0.25, -0.2) is 0 Å². The molecule has 0 aromatic heterocycles. The van der Waals surface area contributed by atoms with Crippen molar-refractivity contribution in [1.29, 1.82) is 0 Å². The topological polar surface area (TPSA) is 36.9 Å². The Morgan fingerprint density at radius 1 is 0.842 bits per heavy atom. The molecule has 0 bridgehead atoms. The maximum absolute atomic E-state index is 5.21. The fourth-order valence-corrected chi connectivity index (χ4v) is 1.95. The Balaban J connectivity index is 0. The molecular formula is C13H24AlNaO4. The minimum absolute atomic E-state index is 0. The predicted octanol–water partition coefficient (Wildman–Crippen LogP) is -1.69. The number of benzene rings is 1. The molecule has 0 fully saturated rings. The summed E-state index contributed by atoms with van der Waals surface area (Å²) < 4.78 is 20.0. The van der Waals surface area contributed by atoms with Gasteiger partial charge in [-0.15, -0.1) is 0 Å². The van der Waals surface area contributed by atoms with E-state index in [2.05, 4.69) is 19.1 Å². The molecule has 1 rings (SSSR count). The maximum atomic E-state index is 5.21. The summed E-state index contributed by atoms with van der Waals surface area (Å²) >= 11 is -1.23. The van der Waals surface area contributed by atoms with Gasteiger partial charge in [0, 0.05) is 27.4 Å². The molecule has 0 saturated heterocycles. The summed E-state index contributed by atoms with van der Waals surface area (Å²) in [6.45, 7) is 4.71. The van der Waals surface area contributed by atoms with Crippen LogP contribution >= 0.6 is 0 Å². The van der Waals surface area contributed by atoms with Crippen LogP contribution in [0.3, 0.4) is 0 Å². The number of hydrogen-bond donors (Lipinski definition) is 0. The molecule has 0 aliphatic rings. The smallest absolute Gasteiger partial charge is 0.640 e. The van der Waals surface area contributed by atoms with Crippen LogP contribution in [0.15, 0.2) is 30.3 Å². The standard InChI is InChI=1S/C7H8.2C3H7O2.Al.Na.2H/c1-7-5-3-2-4-6-7;2*1-5-3-2-4;;;;/h2-6H,1H3;2*2-3H2,1H3;;;;/q;2*-1;2*+1;;. The van der Waals surface area contributed by atoms with E-state index in [1.165, 1.54) is 5.56 Å². The summed E-state index contributed by atoms with van der Waals surface area (Å²) in [4.78, 5) is 0. The van der Waals surface area contributed by atoms with Gasteiger partial charge in [-0.05, 0) is 6.92 Å². The second kappa shape index (κ2) is 18.6. The molecule has 0 N–H and O–H groups in total. The molecule has 0 atom stereocenters. The maximum Gasteiger partial charge on any atom is 1.00 e. The molecule has 1 aromatic rings. The SMILES string of the molecule is COCC[O][AlH2-][O]CCOC.Cc1ccccc1.[Na+]. The van der Waals surface area contributed by atoms with Crippen LogP contribution in [0.1, 0.15) is 5.56 Å². The summed E-state index contributed by atoms with van der Waals surface area (Å²) in [5.41, 5.74) is 1.32. The minimum atomic E-state index is -1.23. The average Bonchev–Trinajstić information content (AvgIpc) is 2.39. The summed E-state index contributed by atoms with van der Waals surface area (Å²) in [6.07, 6.45) is 0. The van der Waals surface area contributed by atoms with Gasteiger partial charge in [0.25, 0.3) is 0 Å². The first-order valence-corrected chi connectivity index (χ1v) is 7.83. The summed E-state index contributed by atoms with van der Waals surface area (Å²) in [5, 5.41) is 0. The Kier molecular flexibility index (Phi) is 21.4. The van der Waals surface area contributed by atoms with Gasteiger partial charge in [0.1, 0.15) is 0 Å². The average molecular weight is 294 g/mol. The Labute approximate surface area is 145 Å².